The van der Waals surface area contributed by atoms with E-state index in [4.69, 9.17) is 0 Å². The van der Waals surface area contributed by atoms with Crippen molar-refractivity contribution in [1.29, 1.82) is 0 Å². The third kappa shape index (κ3) is 2.32. The van der Waals surface area contributed by atoms with Crippen LogP contribution in [-0.4, -0.2) is 15.7 Å². The quantitative estimate of drug-likeness (QED) is 0.681. The Labute approximate surface area is 72.4 Å². The number of aromatic nitrogens is 2. The molecule has 0 aliphatic carbocycles. The molecule has 0 fully saturated rings. The molecular weight excluding hydrogens is 155 g/mol. The summed E-state index contributed by atoms with van der Waals surface area (Å²) < 4.78 is 14.3. The van der Waals surface area contributed by atoms with Gasteiger partial charge >= 0.3 is 0 Å². The highest BCUT2D eigenvalue weighted by Gasteiger charge is 2.04. The van der Waals surface area contributed by atoms with E-state index in [1.807, 2.05) is 6.20 Å². The fourth-order valence-electron chi connectivity index (χ4n) is 1.07. The number of hydrogen-bond acceptors (Lipinski definition) is 1. The van der Waals surface area contributed by atoms with Gasteiger partial charge in [0.2, 0.25) is 0 Å². The lowest BCUT2D eigenvalue weighted by molar-refractivity contribution is 0.320. The van der Waals surface area contributed by atoms with Gasteiger partial charge in [0.25, 0.3) is 0 Å². The van der Waals surface area contributed by atoms with Crippen molar-refractivity contribution in [3.63, 3.8) is 0 Å². The predicted octanol–water partition coefficient (Wildman–Crippen LogP) is 2.36. The van der Waals surface area contributed by atoms with Crippen molar-refractivity contribution in [2.75, 3.05) is 0 Å². The summed E-state index contributed by atoms with van der Waals surface area (Å²) in [6.07, 6.45) is 2.78. The summed E-state index contributed by atoms with van der Waals surface area (Å²) in [5.74, 6) is 0.418. The minimum Gasteiger partial charge on any atom is -0.334 e. The second-order valence-corrected chi connectivity index (χ2v) is 3.43. The second kappa shape index (κ2) is 3.70. The van der Waals surface area contributed by atoms with Crippen molar-refractivity contribution in [3.05, 3.63) is 18.2 Å². The first-order chi connectivity index (χ1) is 5.59. The van der Waals surface area contributed by atoms with E-state index in [-0.39, 0.29) is 0 Å². The molecule has 3 heteroatoms. The van der Waals surface area contributed by atoms with E-state index in [0.717, 1.165) is 5.69 Å². The lowest BCUT2D eigenvalue weighted by Gasteiger charge is -2.01. The van der Waals surface area contributed by atoms with Crippen molar-refractivity contribution in [2.45, 2.75) is 39.4 Å². The van der Waals surface area contributed by atoms with Gasteiger partial charge in [-0.25, -0.2) is 9.37 Å². The van der Waals surface area contributed by atoms with E-state index in [0.29, 0.717) is 12.5 Å². The summed E-state index contributed by atoms with van der Waals surface area (Å²) in [5.41, 5.74) is 1.02. The molecule has 1 aromatic heterocycles. The Hall–Kier alpha value is -0.860. The predicted molar refractivity (Wildman–Crippen MR) is 46.9 cm³/mol. The van der Waals surface area contributed by atoms with Gasteiger partial charge in [-0.1, -0.05) is 13.8 Å². The molecule has 0 aliphatic rings. The van der Waals surface area contributed by atoms with E-state index in [1.165, 1.54) is 0 Å². The monoisotopic (exact) mass is 170 g/mol. The van der Waals surface area contributed by atoms with Crippen LogP contribution >= 0.6 is 0 Å². The molecule has 0 saturated carbocycles. The smallest absolute Gasteiger partial charge is 0.115 e. The molecule has 1 unspecified atom stereocenters. The van der Waals surface area contributed by atoms with Crippen LogP contribution in [0.1, 0.15) is 32.4 Å². The molecule has 2 nitrogen and oxygen atoms in total. The standard InChI is InChI=1S/C9H15FN2/c1-7(2)9-5-12(6-11-9)4-8(3)10/h5-8H,4H2,1-3H3. The van der Waals surface area contributed by atoms with E-state index in [9.17, 15) is 4.39 Å². The van der Waals surface area contributed by atoms with Crippen LogP contribution in [0, 0.1) is 0 Å². The Morgan fingerprint density at radius 1 is 1.50 bits per heavy atom. The maximum absolute atomic E-state index is 12.5. The van der Waals surface area contributed by atoms with Gasteiger partial charge in [-0.3, -0.25) is 0 Å². The number of halogens is 1. The maximum Gasteiger partial charge on any atom is 0.115 e. The summed E-state index contributed by atoms with van der Waals surface area (Å²) in [7, 11) is 0. The van der Waals surface area contributed by atoms with Crippen molar-refractivity contribution < 1.29 is 4.39 Å². The molecule has 1 aromatic rings. The Morgan fingerprint density at radius 2 is 2.17 bits per heavy atom. The highest BCUT2D eigenvalue weighted by molar-refractivity contribution is 5.01. The molecule has 1 heterocycles. The average Bonchev–Trinajstić information content (AvgIpc) is 2.34. The minimum atomic E-state index is -0.806. The van der Waals surface area contributed by atoms with Crippen molar-refractivity contribution in [1.82, 2.24) is 9.55 Å². The third-order valence-corrected chi connectivity index (χ3v) is 1.71. The van der Waals surface area contributed by atoms with Gasteiger partial charge < -0.3 is 4.57 Å². The highest BCUT2D eigenvalue weighted by Crippen LogP contribution is 2.10. The average molecular weight is 170 g/mol. The molecule has 68 valence electrons. The van der Waals surface area contributed by atoms with Crippen LogP contribution in [-0.2, 0) is 6.54 Å². The first kappa shape index (κ1) is 9.23. The first-order valence-electron chi connectivity index (χ1n) is 4.25. The Morgan fingerprint density at radius 3 is 2.58 bits per heavy atom. The molecule has 0 amide bonds. The van der Waals surface area contributed by atoms with Crippen molar-refractivity contribution in [3.8, 4) is 0 Å². The van der Waals surface area contributed by atoms with Crippen LogP contribution in [0.2, 0.25) is 0 Å². The zero-order valence-electron chi connectivity index (χ0n) is 7.79. The van der Waals surface area contributed by atoms with Gasteiger partial charge in [0.15, 0.2) is 0 Å². The summed E-state index contributed by atoms with van der Waals surface area (Å²) in [5, 5.41) is 0. The number of hydrogen-bond donors (Lipinski definition) is 0. The minimum absolute atomic E-state index is 0.403. The molecule has 0 bridgehead atoms. The van der Waals surface area contributed by atoms with Gasteiger partial charge in [-0.05, 0) is 12.8 Å². The van der Waals surface area contributed by atoms with Crippen LogP contribution in [0.4, 0.5) is 4.39 Å². The molecule has 0 saturated heterocycles. The lowest BCUT2D eigenvalue weighted by atomic mass is 10.2. The van der Waals surface area contributed by atoms with E-state index < -0.39 is 6.17 Å². The summed E-state index contributed by atoms with van der Waals surface area (Å²) in [6, 6.07) is 0. The van der Waals surface area contributed by atoms with Crippen LogP contribution in [0.5, 0.6) is 0 Å². The number of nitrogens with zero attached hydrogens (tertiary/aromatic N) is 2. The molecule has 1 atom stereocenters. The molecule has 0 aliphatic heterocycles. The molecule has 0 N–H and O–H groups in total. The van der Waals surface area contributed by atoms with Crippen LogP contribution in [0.3, 0.4) is 0 Å². The summed E-state index contributed by atoms with van der Waals surface area (Å²) >= 11 is 0. The molecule has 0 spiro atoms. The lowest BCUT2D eigenvalue weighted by Crippen LogP contribution is -2.05. The number of alkyl halides is 1. The SMILES string of the molecule is CC(F)Cn1cnc(C(C)C)c1. The Balaban J connectivity index is 2.64. The van der Waals surface area contributed by atoms with Crippen LogP contribution in [0.15, 0.2) is 12.5 Å². The van der Waals surface area contributed by atoms with Crippen LogP contribution in [0.25, 0.3) is 0 Å². The van der Waals surface area contributed by atoms with Gasteiger partial charge in [-0.15, -0.1) is 0 Å². The molecule has 0 aromatic carbocycles. The number of imidazole rings is 1. The molecule has 0 radical (unpaired) electrons. The summed E-state index contributed by atoms with van der Waals surface area (Å²) in [6.45, 7) is 6.10. The van der Waals surface area contributed by atoms with E-state index in [1.54, 1.807) is 17.8 Å². The second-order valence-electron chi connectivity index (χ2n) is 3.43. The molecule has 12 heavy (non-hydrogen) atoms. The molecule has 1 rings (SSSR count). The summed E-state index contributed by atoms with van der Waals surface area (Å²) in [4.78, 5) is 4.17. The van der Waals surface area contributed by atoms with E-state index >= 15 is 0 Å². The van der Waals surface area contributed by atoms with Crippen LogP contribution < -0.4 is 0 Å². The van der Waals surface area contributed by atoms with E-state index in [2.05, 4.69) is 18.8 Å². The van der Waals surface area contributed by atoms with Crippen molar-refractivity contribution >= 4 is 0 Å². The van der Waals surface area contributed by atoms with Gasteiger partial charge in [0, 0.05) is 6.20 Å². The largest absolute Gasteiger partial charge is 0.334 e. The normalized spacial score (nSPS) is 13.8. The fourth-order valence-corrected chi connectivity index (χ4v) is 1.07. The van der Waals surface area contributed by atoms with Crippen molar-refractivity contribution in [2.24, 2.45) is 0 Å². The zero-order valence-corrected chi connectivity index (χ0v) is 7.79. The highest BCUT2D eigenvalue weighted by atomic mass is 19.1. The van der Waals surface area contributed by atoms with Gasteiger partial charge in [0.1, 0.15) is 6.17 Å². The van der Waals surface area contributed by atoms with Gasteiger partial charge in [-0.2, -0.15) is 0 Å². The van der Waals surface area contributed by atoms with Gasteiger partial charge in [0.05, 0.1) is 18.6 Å². The Bertz CT molecular complexity index is 240. The Kier molecular flexibility index (Phi) is 2.84. The first-order valence-corrected chi connectivity index (χ1v) is 4.25. The third-order valence-electron chi connectivity index (χ3n) is 1.71. The fraction of sp³-hybridized carbons (Fsp3) is 0.667. The maximum atomic E-state index is 12.5. The zero-order chi connectivity index (χ0) is 9.14. The topological polar surface area (TPSA) is 17.8 Å². The number of rotatable bonds is 3. The molecular formula is C9H15FN2.